The minimum Gasteiger partial charge on any atom is -0.497 e. The Morgan fingerprint density at radius 1 is 1.39 bits per heavy atom. The quantitative estimate of drug-likeness (QED) is 0.766. The van der Waals surface area contributed by atoms with Crippen molar-refractivity contribution in [1.29, 1.82) is 0 Å². The summed E-state index contributed by atoms with van der Waals surface area (Å²) in [5, 5.41) is 0. The summed E-state index contributed by atoms with van der Waals surface area (Å²) in [6, 6.07) is 7.58. The number of carbonyl (C=O) groups is 1. The Morgan fingerprint density at radius 2 is 2.00 bits per heavy atom. The molecule has 1 fully saturated rings. The first-order valence-electron chi connectivity index (χ1n) is 6.11. The highest BCUT2D eigenvalue weighted by atomic mass is 16.5. The number of anilines is 1. The highest BCUT2D eigenvalue weighted by molar-refractivity contribution is 6.01. The van der Waals surface area contributed by atoms with Crippen LogP contribution in [0, 0.1) is 5.41 Å². The number of amides is 1. The van der Waals surface area contributed by atoms with Crippen LogP contribution < -0.4 is 9.64 Å². The van der Waals surface area contributed by atoms with E-state index in [0.29, 0.717) is 0 Å². The second-order valence-corrected chi connectivity index (χ2v) is 5.02. The first-order valence-corrected chi connectivity index (χ1v) is 6.11. The van der Waals surface area contributed by atoms with E-state index in [1.807, 2.05) is 43.0 Å². The topological polar surface area (TPSA) is 29.5 Å². The van der Waals surface area contributed by atoms with Crippen molar-refractivity contribution in [2.24, 2.45) is 5.41 Å². The molecular weight excluding hydrogens is 226 g/mol. The number of methoxy groups -OCH3 is 1. The molecule has 1 aromatic carbocycles. The molecule has 1 saturated heterocycles. The van der Waals surface area contributed by atoms with Gasteiger partial charge in [0, 0.05) is 12.2 Å². The SMILES string of the molecule is C=C(C)[C@@]1(C)CCN(c2ccc(OC)cc2)C1=O. The van der Waals surface area contributed by atoms with Gasteiger partial charge in [-0.25, -0.2) is 0 Å². The number of hydrogen-bond donors (Lipinski definition) is 0. The van der Waals surface area contributed by atoms with Crippen LogP contribution in [0.3, 0.4) is 0 Å². The third-order valence-corrected chi connectivity index (χ3v) is 3.88. The number of nitrogens with zero attached hydrogens (tertiary/aromatic N) is 1. The molecule has 1 heterocycles. The molecule has 0 aromatic heterocycles. The number of carbonyl (C=O) groups excluding carboxylic acids is 1. The fourth-order valence-corrected chi connectivity index (χ4v) is 2.25. The molecule has 0 radical (unpaired) electrons. The largest absolute Gasteiger partial charge is 0.497 e. The van der Waals surface area contributed by atoms with Gasteiger partial charge in [0.1, 0.15) is 5.75 Å². The molecule has 1 aromatic rings. The Balaban J connectivity index is 2.25. The van der Waals surface area contributed by atoms with Gasteiger partial charge in [-0.1, -0.05) is 12.2 Å². The van der Waals surface area contributed by atoms with Gasteiger partial charge in [-0.05, 0) is 44.5 Å². The molecule has 1 atom stereocenters. The predicted octanol–water partition coefficient (Wildman–Crippen LogP) is 3.01. The Labute approximate surface area is 108 Å². The van der Waals surface area contributed by atoms with Gasteiger partial charge in [0.05, 0.1) is 12.5 Å². The summed E-state index contributed by atoms with van der Waals surface area (Å²) < 4.78 is 5.12. The van der Waals surface area contributed by atoms with Crippen LogP contribution in [0.4, 0.5) is 5.69 Å². The minimum atomic E-state index is -0.417. The lowest BCUT2D eigenvalue weighted by molar-refractivity contribution is -0.123. The van der Waals surface area contributed by atoms with Gasteiger partial charge < -0.3 is 9.64 Å². The molecule has 18 heavy (non-hydrogen) atoms. The third-order valence-electron chi connectivity index (χ3n) is 3.88. The lowest BCUT2D eigenvalue weighted by Crippen LogP contribution is -2.33. The molecular formula is C15H19NO2. The number of rotatable bonds is 3. The van der Waals surface area contributed by atoms with E-state index in [-0.39, 0.29) is 5.91 Å². The normalized spacial score (nSPS) is 23.3. The number of ether oxygens (including phenoxy) is 1. The van der Waals surface area contributed by atoms with Gasteiger partial charge in [-0.2, -0.15) is 0 Å². The average Bonchev–Trinajstić information content (AvgIpc) is 2.68. The molecule has 2 rings (SSSR count). The second-order valence-electron chi connectivity index (χ2n) is 5.02. The fraction of sp³-hybridized carbons (Fsp3) is 0.400. The summed E-state index contributed by atoms with van der Waals surface area (Å²) in [4.78, 5) is 14.3. The zero-order valence-electron chi connectivity index (χ0n) is 11.2. The Bertz CT molecular complexity index is 478. The Morgan fingerprint density at radius 3 is 2.44 bits per heavy atom. The maximum Gasteiger partial charge on any atom is 0.237 e. The van der Waals surface area contributed by atoms with Crippen LogP contribution in [0.5, 0.6) is 5.75 Å². The van der Waals surface area contributed by atoms with Crippen LogP contribution >= 0.6 is 0 Å². The molecule has 3 nitrogen and oxygen atoms in total. The molecule has 1 amide bonds. The van der Waals surface area contributed by atoms with Gasteiger partial charge in [-0.15, -0.1) is 0 Å². The zero-order valence-corrected chi connectivity index (χ0v) is 11.2. The van der Waals surface area contributed by atoms with Crippen LogP contribution in [-0.4, -0.2) is 19.6 Å². The molecule has 0 bridgehead atoms. The predicted molar refractivity (Wildman–Crippen MR) is 72.9 cm³/mol. The van der Waals surface area contributed by atoms with Gasteiger partial charge in [0.15, 0.2) is 0 Å². The maximum absolute atomic E-state index is 12.5. The standard InChI is InChI=1S/C15H19NO2/c1-11(2)15(3)9-10-16(14(15)17)12-5-7-13(18-4)8-6-12/h5-8H,1,9-10H2,2-4H3/t15-/m1/s1. The molecule has 3 heteroatoms. The van der Waals surface area contributed by atoms with E-state index >= 15 is 0 Å². The van der Waals surface area contributed by atoms with E-state index in [1.165, 1.54) is 0 Å². The Kier molecular flexibility index (Phi) is 3.16. The molecule has 1 aliphatic heterocycles. The third kappa shape index (κ3) is 1.90. The fourth-order valence-electron chi connectivity index (χ4n) is 2.25. The molecule has 0 unspecified atom stereocenters. The van der Waals surface area contributed by atoms with Crippen LogP contribution in [-0.2, 0) is 4.79 Å². The average molecular weight is 245 g/mol. The monoisotopic (exact) mass is 245 g/mol. The highest BCUT2D eigenvalue weighted by Crippen LogP contribution is 2.39. The first-order chi connectivity index (χ1) is 8.49. The van der Waals surface area contributed by atoms with E-state index in [9.17, 15) is 4.79 Å². The van der Waals surface area contributed by atoms with Crippen molar-refractivity contribution < 1.29 is 9.53 Å². The van der Waals surface area contributed by atoms with Crippen molar-refractivity contribution in [2.45, 2.75) is 20.3 Å². The summed E-state index contributed by atoms with van der Waals surface area (Å²) in [6.45, 7) is 8.59. The van der Waals surface area contributed by atoms with Crippen LogP contribution in [0.15, 0.2) is 36.4 Å². The van der Waals surface area contributed by atoms with Crippen molar-refractivity contribution in [2.75, 3.05) is 18.6 Å². The van der Waals surface area contributed by atoms with Crippen LogP contribution in [0.1, 0.15) is 20.3 Å². The molecule has 96 valence electrons. The van der Waals surface area contributed by atoms with E-state index < -0.39 is 5.41 Å². The van der Waals surface area contributed by atoms with Crippen LogP contribution in [0.2, 0.25) is 0 Å². The number of hydrogen-bond acceptors (Lipinski definition) is 2. The van der Waals surface area contributed by atoms with Gasteiger partial charge in [0.25, 0.3) is 0 Å². The van der Waals surface area contributed by atoms with Gasteiger partial charge >= 0.3 is 0 Å². The van der Waals surface area contributed by atoms with Gasteiger partial charge in [0.2, 0.25) is 5.91 Å². The smallest absolute Gasteiger partial charge is 0.237 e. The second kappa shape index (κ2) is 4.48. The lowest BCUT2D eigenvalue weighted by Gasteiger charge is -2.23. The number of benzene rings is 1. The summed E-state index contributed by atoms with van der Waals surface area (Å²) in [5.74, 6) is 0.938. The molecule has 0 aliphatic carbocycles. The first kappa shape index (κ1) is 12.7. The highest BCUT2D eigenvalue weighted by Gasteiger charge is 2.43. The molecule has 0 spiro atoms. The molecule has 1 aliphatic rings. The summed E-state index contributed by atoms with van der Waals surface area (Å²) in [7, 11) is 1.63. The summed E-state index contributed by atoms with van der Waals surface area (Å²) in [5.41, 5.74) is 1.44. The Hall–Kier alpha value is -1.77. The van der Waals surface area contributed by atoms with Crippen molar-refractivity contribution in [3.05, 3.63) is 36.4 Å². The summed E-state index contributed by atoms with van der Waals surface area (Å²) >= 11 is 0. The van der Waals surface area contributed by atoms with Crippen molar-refractivity contribution >= 4 is 11.6 Å². The minimum absolute atomic E-state index is 0.139. The van der Waals surface area contributed by atoms with Gasteiger partial charge in [-0.3, -0.25) is 4.79 Å². The van der Waals surface area contributed by atoms with Crippen molar-refractivity contribution in [3.8, 4) is 5.75 Å². The van der Waals surface area contributed by atoms with E-state index in [1.54, 1.807) is 7.11 Å². The van der Waals surface area contributed by atoms with E-state index in [0.717, 1.165) is 30.0 Å². The summed E-state index contributed by atoms with van der Waals surface area (Å²) in [6.07, 6.45) is 0.827. The van der Waals surface area contributed by atoms with Crippen molar-refractivity contribution in [3.63, 3.8) is 0 Å². The molecule has 0 N–H and O–H groups in total. The van der Waals surface area contributed by atoms with Crippen molar-refractivity contribution in [1.82, 2.24) is 0 Å². The van der Waals surface area contributed by atoms with E-state index in [4.69, 9.17) is 4.74 Å². The molecule has 0 saturated carbocycles. The maximum atomic E-state index is 12.5. The van der Waals surface area contributed by atoms with E-state index in [2.05, 4.69) is 6.58 Å². The zero-order chi connectivity index (χ0) is 13.3. The van der Waals surface area contributed by atoms with Crippen LogP contribution in [0.25, 0.3) is 0 Å². The lowest BCUT2D eigenvalue weighted by atomic mass is 9.82.